The summed E-state index contributed by atoms with van der Waals surface area (Å²) >= 11 is 0. The number of hydrogen-bond acceptors (Lipinski definition) is 3. The van der Waals surface area contributed by atoms with Gasteiger partial charge in [-0.1, -0.05) is 19.8 Å². The first kappa shape index (κ1) is 11.4. The van der Waals surface area contributed by atoms with Crippen molar-refractivity contribution in [3.05, 3.63) is 0 Å². The summed E-state index contributed by atoms with van der Waals surface area (Å²) in [6, 6.07) is -0.440. The van der Waals surface area contributed by atoms with E-state index in [2.05, 4.69) is 5.32 Å². The number of amides is 1. The molecule has 12 heavy (non-hydrogen) atoms. The summed E-state index contributed by atoms with van der Waals surface area (Å²) in [4.78, 5) is 10.9. The van der Waals surface area contributed by atoms with E-state index < -0.39 is 18.1 Å². The molecule has 72 valence electrons. The molecule has 0 radical (unpaired) electrons. The maximum Gasteiger partial charge on any atom is 0.250 e. The summed E-state index contributed by atoms with van der Waals surface area (Å²) in [5, 5.41) is 11.6. The van der Waals surface area contributed by atoms with E-state index in [1.54, 1.807) is 0 Å². The molecule has 0 heterocycles. The van der Waals surface area contributed by atoms with E-state index in [9.17, 15) is 9.90 Å². The first-order valence-corrected chi connectivity index (χ1v) is 4.28. The van der Waals surface area contributed by atoms with Crippen LogP contribution in [0.5, 0.6) is 0 Å². The minimum absolute atomic E-state index is 0.404. The van der Waals surface area contributed by atoms with Gasteiger partial charge >= 0.3 is 0 Å². The quantitative estimate of drug-likeness (QED) is 0.531. The normalized spacial score (nSPS) is 15.3. The van der Waals surface area contributed by atoms with Crippen LogP contribution in [0.25, 0.3) is 0 Å². The molecule has 0 aliphatic carbocycles. The lowest BCUT2D eigenvalue weighted by molar-refractivity contribution is -0.129. The highest BCUT2D eigenvalue weighted by atomic mass is 16.3. The molecule has 0 saturated heterocycles. The average Bonchev–Trinajstić information content (AvgIpc) is 2.11. The van der Waals surface area contributed by atoms with Gasteiger partial charge in [0.05, 0.1) is 0 Å². The van der Waals surface area contributed by atoms with E-state index in [-0.39, 0.29) is 0 Å². The molecule has 0 spiro atoms. The molecule has 0 aliphatic rings. The topological polar surface area (TPSA) is 75.3 Å². The van der Waals surface area contributed by atoms with Gasteiger partial charge in [-0.05, 0) is 6.42 Å². The predicted octanol–water partition coefficient (Wildman–Crippen LogP) is -0.389. The molecule has 2 atom stereocenters. The van der Waals surface area contributed by atoms with Crippen LogP contribution in [0, 0.1) is 0 Å². The summed E-state index contributed by atoms with van der Waals surface area (Å²) in [5.74, 6) is -0.404. The van der Waals surface area contributed by atoms with Gasteiger partial charge in [0.25, 0.3) is 0 Å². The van der Waals surface area contributed by atoms with Gasteiger partial charge in [0, 0.05) is 13.1 Å². The number of carbonyl (C=O) groups is 1. The van der Waals surface area contributed by atoms with Gasteiger partial charge in [-0.15, -0.1) is 0 Å². The highest BCUT2D eigenvalue weighted by Gasteiger charge is 2.20. The van der Waals surface area contributed by atoms with Crippen LogP contribution in [0.2, 0.25) is 0 Å². The Hall–Kier alpha value is -0.610. The van der Waals surface area contributed by atoms with Crippen molar-refractivity contribution in [3.8, 4) is 0 Å². The molecule has 0 fully saturated rings. The van der Waals surface area contributed by atoms with Crippen LogP contribution in [0.4, 0.5) is 0 Å². The van der Waals surface area contributed by atoms with Crippen molar-refractivity contribution < 1.29 is 9.90 Å². The largest absolute Gasteiger partial charge is 0.382 e. The second-order valence-electron chi connectivity index (χ2n) is 2.87. The Morgan fingerprint density at radius 1 is 1.67 bits per heavy atom. The number of likely N-dealkylation sites (N-methyl/N-ethyl adjacent to an activating group) is 1. The number of carbonyl (C=O) groups excluding carboxylic acids is 1. The van der Waals surface area contributed by atoms with E-state index in [1.807, 2.05) is 6.92 Å². The number of rotatable bonds is 5. The molecule has 1 unspecified atom stereocenters. The van der Waals surface area contributed by atoms with Gasteiger partial charge in [0.1, 0.15) is 6.10 Å². The van der Waals surface area contributed by atoms with E-state index >= 15 is 0 Å². The molecule has 0 rings (SSSR count). The fourth-order valence-corrected chi connectivity index (χ4v) is 0.940. The Bertz CT molecular complexity index is 139. The van der Waals surface area contributed by atoms with Crippen molar-refractivity contribution in [2.24, 2.45) is 5.73 Å². The van der Waals surface area contributed by atoms with E-state index in [1.165, 1.54) is 7.05 Å². The van der Waals surface area contributed by atoms with Gasteiger partial charge < -0.3 is 16.2 Å². The summed E-state index contributed by atoms with van der Waals surface area (Å²) < 4.78 is 0. The molecule has 4 N–H and O–H groups in total. The summed E-state index contributed by atoms with van der Waals surface area (Å²) in [7, 11) is 1.48. The predicted molar refractivity (Wildman–Crippen MR) is 47.6 cm³/mol. The van der Waals surface area contributed by atoms with Gasteiger partial charge in [0.2, 0.25) is 5.91 Å². The molecule has 0 aromatic heterocycles. The second-order valence-corrected chi connectivity index (χ2v) is 2.87. The Balaban J connectivity index is 3.75. The fourth-order valence-electron chi connectivity index (χ4n) is 0.940. The van der Waals surface area contributed by atoms with Crippen LogP contribution >= 0.6 is 0 Å². The van der Waals surface area contributed by atoms with Crippen molar-refractivity contribution in [1.82, 2.24) is 5.32 Å². The monoisotopic (exact) mass is 174 g/mol. The van der Waals surface area contributed by atoms with Crippen molar-refractivity contribution in [2.75, 3.05) is 7.05 Å². The smallest absolute Gasteiger partial charge is 0.250 e. The Labute approximate surface area is 73.1 Å². The minimum atomic E-state index is -1.07. The zero-order valence-corrected chi connectivity index (χ0v) is 7.71. The Morgan fingerprint density at radius 2 is 2.25 bits per heavy atom. The third-order valence-electron chi connectivity index (χ3n) is 1.81. The molecule has 0 aromatic carbocycles. The molecule has 0 bridgehead atoms. The third kappa shape index (κ3) is 3.69. The molecule has 0 aromatic rings. The van der Waals surface area contributed by atoms with E-state index in [0.29, 0.717) is 6.42 Å². The first-order chi connectivity index (χ1) is 5.63. The highest BCUT2D eigenvalue weighted by Crippen LogP contribution is 2.02. The average molecular weight is 174 g/mol. The maximum atomic E-state index is 10.9. The maximum absolute atomic E-state index is 10.9. The van der Waals surface area contributed by atoms with Gasteiger partial charge in [-0.25, -0.2) is 0 Å². The van der Waals surface area contributed by atoms with Crippen LogP contribution in [0.1, 0.15) is 26.2 Å². The van der Waals surface area contributed by atoms with E-state index in [0.717, 1.165) is 12.8 Å². The van der Waals surface area contributed by atoms with Crippen LogP contribution in [0.15, 0.2) is 0 Å². The van der Waals surface area contributed by atoms with Crippen molar-refractivity contribution in [2.45, 2.75) is 38.3 Å². The standard InChI is InChI=1S/C8H18N2O2/c1-3-4-5-6(9)7(11)8(12)10-2/h6-7,11H,3-5,9H2,1-2H3,(H,10,12)/t6-,7?/m0/s1. The zero-order chi connectivity index (χ0) is 9.56. The fraction of sp³-hybridized carbons (Fsp3) is 0.875. The molecule has 1 amide bonds. The molecule has 4 heteroatoms. The zero-order valence-electron chi connectivity index (χ0n) is 7.71. The Morgan fingerprint density at radius 3 is 2.67 bits per heavy atom. The van der Waals surface area contributed by atoms with Crippen LogP contribution in [0.3, 0.4) is 0 Å². The van der Waals surface area contributed by atoms with Crippen molar-refractivity contribution >= 4 is 5.91 Å². The lowest BCUT2D eigenvalue weighted by atomic mass is 10.1. The SMILES string of the molecule is CCCC[C@H](N)C(O)C(=O)NC. The molecule has 0 saturated carbocycles. The molecular formula is C8H18N2O2. The number of aliphatic hydroxyl groups excluding tert-OH is 1. The number of hydrogen-bond donors (Lipinski definition) is 3. The Kier molecular flexibility index (Phi) is 5.66. The van der Waals surface area contributed by atoms with Crippen molar-refractivity contribution in [3.63, 3.8) is 0 Å². The third-order valence-corrected chi connectivity index (χ3v) is 1.81. The first-order valence-electron chi connectivity index (χ1n) is 4.28. The van der Waals surface area contributed by atoms with Gasteiger partial charge in [-0.2, -0.15) is 0 Å². The minimum Gasteiger partial charge on any atom is -0.382 e. The molecular weight excluding hydrogens is 156 g/mol. The number of nitrogens with one attached hydrogen (secondary N) is 1. The number of unbranched alkanes of at least 4 members (excludes halogenated alkanes) is 1. The number of nitrogens with two attached hydrogens (primary N) is 1. The highest BCUT2D eigenvalue weighted by molar-refractivity contribution is 5.80. The summed E-state index contributed by atoms with van der Waals surface area (Å²) in [5.41, 5.74) is 5.57. The molecule has 4 nitrogen and oxygen atoms in total. The van der Waals surface area contributed by atoms with Crippen LogP contribution in [-0.4, -0.2) is 30.2 Å². The van der Waals surface area contributed by atoms with Gasteiger partial charge in [0.15, 0.2) is 0 Å². The van der Waals surface area contributed by atoms with Crippen LogP contribution in [-0.2, 0) is 4.79 Å². The molecule has 0 aliphatic heterocycles. The number of aliphatic hydroxyl groups is 1. The summed E-state index contributed by atoms with van der Waals surface area (Å²) in [6.45, 7) is 2.04. The lowest BCUT2D eigenvalue weighted by Crippen LogP contribution is -2.45. The van der Waals surface area contributed by atoms with Gasteiger partial charge in [-0.3, -0.25) is 4.79 Å². The second kappa shape index (κ2) is 5.97. The summed E-state index contributed by atoms with van der Waals surface area (Å²) in [6.07, 6.45) is 1.58. The van der Waals surface area contributed by atoms with Crippen LogP contribution < -0.4 is 11.1 Å². The lowest BCUT2D eigenvalue weighted by Gasteiger charge is -2.16. The van der Waals surface area contributed by atoms with E-state index in [4.69, 9.17) is 5.73 Å². The van der Waals surface area contributed by atoms with Crippen molar-refractivity contribution in [1.29, 1.82) is 0 Å².